The van der Waals surface area contributed by atoms with Crippen molar-refractivity contribution in [2.75, 3.05) is 18.8 Å². The van der Waals surface area contributed by atoms with Crippen molar-refractivity contribution in [3.63, 3.8) is 0 Å². The Morgan fingerprint density at radius 3 is 2.43 bits per heavy atom. The molecule has 0 amide bonds. The molecule has 21 heavy (non-hydrogen) atoms. The largest absolute Gasteiger partial charge is 0.397 e. The van der Waals surface area contributed by atoms with Crippen LogP contribution in [0, 0.1) is 16.0 Å². The highest BCUT2D eigenvalue weighted by Gasteiger charge is 2.27. The van der Waals surface area contributed by atoms with E-state index in [0.29, 0.717) is 13.1 Å². The molecule has 0 fully saturated rings. The van der Waals surface area contributed by atoms with E-state index in [1.54, 1.807) is 6.92 Å². The molecule has 1 unspecified atom stereocenters. The van der Waals surface area contributed by atoms with Crippen LogP contribution in [0.25, 0.3) is 0 Å². The highest BCUT2D eigenvalue weighted by molar-refractivity contribution is 7.89. The smallest absolute Gasteiger partial charge is 0.271 e. The number of sulfonamides is 1. The Labute approximate surface area is 124 Å². The molecular formula is C13H21N3O4S. The zero-order valence-electron chi connectivity index (χ0n) is 12.4. The number of nitrogen functional groups attached to an aromatic ring is 1. The average molecular weight is 315 g/mol. The van der Waals surface area contributed by atoms with Gasteiger partial charge in [-0.1, -0.05) is 27.2 Å². The lowest BCUT2D eigenvalue weighted by Crippen LogP contribution is -2.34. The van der Waals surface area contributed by atoms with Gasteiger partial charge in [0.2, 0.25) is 10.0 Å². The first-order valence-corrected chi connectivity index (χ1v) is 8.22. The minimum Gasteiger partial charge on any atom is -0.397 e. The van der Waals surface area contributed by atoms with Crippen molar-refractivity contribution in [2.45, 2.75) is 32.1 Å². The Hall–Kier alpha value is -1.67. The van der Waals surface area contributed by atoms with Gasteiger partial charge in [-0.2, -0.15) is 4.31 Å². The van der Waals surface area contributed by atoms with Gasteiger partial charge in [-0.3, -0.25) is 10.1 Å². The molecule has 1 aromatic carbocycles. The van der Waals surface area contributed by atoms with Crippen LogP contribution in [0.2, 0.25) is 0 Å². The van der Waals surface area contributed by atoms with Gasteiger partial charge in [0.15, 0.2) is 0 Å². The molecule has 0 aliphatic heterocycles. The lowest BCUT2D eigenvalue weighted by molar-refractivity contribution is -0.384. The standard InChI is InChI=1S/C13H21N3O4S/c1-4-10(3)9-15(5-2)21(19,20)13-7-6-11(16(17)18)8-12(13)14/h6-8,10H,4-5,9,14H2,1-3H3. The van der Waals surface area contributed by atoms with Crippen LogP contribution in [0.15, 0.2) is 23.1 Å². The predicted molar refractivity (Wildman–Crippen MR) is 81.4 cm³/mol. The molecule has 7 nitrogen and oxygen atoms in total. The Bertz CT molecular complexity index is 616. The molecular weight excluding hydrogens is 294 g/mol. The van der Waals surface area contributed by atoms with Crippen molar-refractivity contribution < 1.29 is 13.3 Å². The molecule has 0 heterocycles. The van der Waals surface area contributed by atoms with E-state index in [4.69, 9.17) is 5.73 Å². The molecule has 0 aliphatic rings. The molecule has 1 atom stereocenters. The first-order valence-electron chi connectivity index (χ1n) is 6.78. The van der Waals surface area contributed by atoms with Gasteiger partial charge in [0, 0.05) is 25.2 Å². The summed E-state index contributed by atoms with van der Waals surface area (Å²) in [5, 5.41) is 10.7. The van der Waals surface area contributed by atoms with E-state index in [1.165, 1.54) is 10.4 Å². The molecule has 0 bridgehead atoms. The summed E-state index contributed by atoms with van der Waals surface area (Å²) in [6.07, 6.45) is 0.863. The van der Waals surface area contributed by atoms with Crippen LogP contribution in [0.4, 0.5) is 11.4 Å². The second kappa shape index (κ2) is 6.86. The van der Waals surface area contributed by atoms with Gasteiger partial charge in [0.05, 0.1) is 10.6 Å². The van der Waals surface area contributed by atoms with Gasteiger partial charge in [-0.15, -0.1) is 0 Å². The summed E-state index contributed by atoms with van der Waals surface area (Å²) in [4.78, 5) is 9.99. The minimum atomic E-state index is -3.74. The van der Waals surface area contributed by atoms with E-state index in [-0.39, 0.29) is 22.2 Å². The summed E-state index contributed by atoms with van der Waals surface area (Å²) in [5.74, 6) is 0.221. The number of nitrogens with zero attached hydrogens (tertiary/aromatic N) is 2. The van der Waals surface area contributed by atoms with E-state index < -0.39 is 14.9 Å². The number of nitrogens with two attached hydrogens (primary N) is 1. The number of anilines is 1. The first-order chi connectivity index (χ1) is 9.73. The fourth-order valence-electron chi connectivity index (χ4n) is 1.90. The zero-order chi connectivity index (χ0) is 16.2. The van der Waals surface area contributed by atoms with Crippen LogP contribution >= 0.6 is 0 Å². The maximum Gasteiger partial charge on any atom is 0.271 e. The molecule has 1 rings (SSSR count). The molecule has 8 heteroatoms. The van der Waals surface area contributed by atoms with E-state index in [2.05, 4.69) is 0 Å². The number of nitro benzene ring substituents is 1. The van der Waals surface area contributed by atoms with Crippen molar-refractivity contribution in [2.24, 2.45) is 5.92 Å². The molecule has 1 aromatic rings. The number of hydrogen-bond donors (Lipinski definition) is 1. The van der Waals surface area contributed by atoms with Crippen LogP contribution < -0.4 is 5.73 Å². The summed E-state index contributed by atoms with van der Waals surface area (Å²) in [7, 11) is -3.74. The summed E-state index contributed by atoms with van der Waals surface area (Å²) in [5.41, 5.74) is 5.36. The van der Waals surface area contributed by atoms with Crippen molar-refractivity contribution in [1.82, 2.24) is 4.31 Å². The van der Waals surface area contributed by atoms with E-state index >= 15 is 0 Å². The van der Waals surface area contributed by atoms with Crippen molar-refractivity contribution in [3.8, 4) is 0 Å². The van der Waals surface area contributed by atoms with Crippen molar-refractivity contribution >= 4 is 21.4 Å². The van der Waals surface area contributed by atoms with Gasteiger partial charge in [-0.05, 0) is 12.0 Å². The third-order valence-corrected chi connectivity index (χ3v) is 5.40. The van der Waals surface area contributed by atoms with Crippen LogP contribution in [0.3, 0.4) is 0 Å². The van der Waals surface area contributed by atoms with Crippen LogP contribution in [-0.2, 0) is 10.0 Å². The van der Waals surface area contributed by atoms with Crippen molar-refractivity contribution in [3.05, 3.63) is 28.3 Å². The molecule has 0 saturated carbocycles. The maximum atomic E-state index is 12.6. The van der Waals surface area contributed by atoms with Crippen molar-refractivity contribution in [1.29, 1.82) is 0 Å². The molecule has 0 radical (unpaired) electrons. The zero-order valence-corrected chi connectivity index (χ0v) is 13.3. The van der Waals surface area contributed by atoms with Crippen LogP contribution in [-0.4, -0.2) is 30.7 Å². The van der Waals surface area contributed by atoms with E-state index in [0.717, 1.165) is 18.6 Å². The third kappa shape index (κ3) is 3.92. The Morgan fingerprint density at radius 2 is 2.00 bits per heavy atom. The summed E-state index contributed by atoms with van der Waals surface area (Å²) >= 11 is 0. The topological polar surface area (TPSA) is 107 Å². The van der Waals surface area contributed by atoms with Gasteiger partial charge < -0.3 is 5.73 Å². The fraction of sp³-hybridized carbons (Fsp3) is 0.538. The van der Waals surface area contributed by atoms with E-state index in [1.807, 2.05) is 13.8 Å². The summed E-state index contributed by atoms with van der Waals surface area (Å²) in [6.45, 7) is 6.43. The average Bonchev–Trinajstić information content (AvgIpc) is 2.43. The maximum absolute atomic E-state index is 12.6. The van der Waals surface area contributed by atoms with Crippen LogP contribution in [0.5, 0.6) is 0 Å². The Balaban J connectivity index is 3.20. The lowest BCUT2D eigenvalue weighted by Gasteiger charge is -2.24. The number of nitro groups is 1. The molecule has 118 valence electrons. The quantitative estimate of drug-likeness (QED) is 0.472. The second-order valence-corrected chi connectivity index (χ2v) is 6.85. The molecule has 0 aromatic heterocycles. The minimum absolute atomic E-state index is 0.0850. The molecule has 0 spiro atoms. The second-order valence-electron chi connectivity index (χ2n) is 4.95. The lowest BCUT2D eigenvalue weighted by atomic mass is 10.1. The van der Waals surface area contributed by atoms with Gasteiger partial charge in [0.1, 0.15) is 4.90 Å². The van der Waals surface area contributed by atoms with Crippen LogP contribution in [0.1, 0.15) is 27.2 Å². The van der Waals surface area contributed by atoms with Gasteiger partial charge in [0.25, 0.3) is 5.69 Å². The highest BCUT2D eigenvalue weighted by Crippen LogP contribution is 2.27. The molecule has 0 saturated heterocycles. The Morgan fingerprint density at radius 1 is 1.38 bits per heavy atom. The Kier molecular flexibility index (Phi) is 5.68. The highest BCUT2D eigenvalue weighted by atomic mass is 32.2. The van der Waals surface area contributed by atoms with Gasteiger partial charge in [-0.25, -0.2) is 8.42 Å². The summed E-state index contributed by atoms with van der Waals surface area (Å²) in [6, 6.07) is 3.42. The monoisotopic (exact) mass is 315 g/mol. The molecule has 0 aliphatic carbocycles. The predicted octanol–water partition coefficient (Wildman–Crippen LogP) is 2.23. The molecule has 2 N–H and O–H groups in total. The SMILES string of the molecule is CCC(C)CN(CC)S(=O)(=O)c1ccc([N+](=O)[O-])cc1N. The normalized spacial score (nSPS) is 13.3. The summed E-state index contributed by atoms with van der Waals surface area (Å²) < 4.78 is 26.5. The number of non-ortho nitro benzene ring substituents is 1. The van der Waals surface area contributed by atoms with E-state index in [9.17, 15) is 18.5 Å². The van der Waals surface area contributed by atoms with Gasteiger partial charge >= 0.3 is 0 Å². The number of benzene rings is 1. The first kappa shape index (κ1) is 17.4. The third-order valence-electron chi connectivity index (χ3n) is 3.39. The number of rotatable bonds is 7. The number of hydrogen-bond acceptors (Lipinski definition) is 5. The fourth-order valence-corrected chi connectivity index (χ4v) is 3.56.